The average molecular weight is 359 g/mol. The van der Waals surface area contributed by atoms with Gasteiger partial charge in [0.15, 0.2) is 0 Å². The molecule has 8 heteroatoms. The topological polar surface area (TPSA) is 89.2 Å². The Morgan fingerprint density at radius 3 is 2.27 bits per heavy atom. The molecule has 4 N–H and O–H groups in total. The highest BCUT2D eigenvalue weighted by Gasteiger charge is 2.34. The molecule has 2 unspecified atom stereocenters. The monoisotopic (exact) mass is 359 g/mol. The molecule has 0 amide bonds. The van der Waals surface area contributed by atoms with Crippen LogP contribution in [0.3, 0.4) is 0 Å². The van der Waals surface area contributed by atoms with Crippen LogP contribution in [-0.2, 0) is 0 Å². The minimum Gasteiger partial charge on any atom is -0.368 e. The smallest absolute Gasteiger partial charge is 0.241 e. The summed E-state index contributed by atoms with van der Waals surface area (Å²) in [6.45, 7) is 3.41. The zero-order valence-electron chi connectivity index (χ0n) is 14.9. The van der Waals surface area contributed by atoms with E-state index in [1.54, 1.807) is 0 Å². The molecular formula is C18H26FN7. The van der Waals surface area contributed by atoms with Gasteiger partial charge in [0.2, 0.25) is 11.9 Å². The number of hydrogen-bond donors (Lipinski definition) is 2. The van der Waals surface area contributed by atoms with Crippen LogP contribution in [0.4, 0.5) is 22.0 Å². The first-order valence-corrected chi connectivity index (χ1v) is 9.33. The summed E-state index contributed by atoms with van der Waals surface area (Å²) in [7, 11) is 0. The highest BCUT2D eigenvalue weighted by molar-refractivity contribution is 5.52. The molecule has 2 aromatic rings. The molecule has 2 aliphatic heterocycles. The lowest BCUT2D eigenvalue weighted by atomic mass is 9.98. The second kappa shape index (κ2) is 7.11. The lowest BCUT2D eigenvalue weighted by molar-refractivity contribution is 0.0767. The normalized spacial score (nSPS) is 24.7. The lowest BCUT2D eigenvalue weighted by Crippen LogP contribution is -2.53. The fourth-order valence-corrected chi connectivity index (χ4v) is 4.12. The standard InChI is InChI=1S/C18H26FN7/c19-15-12-25(11-8-16(15)24-9-2-1-3-10-24)13-4-6-14(7-5-13)26-18(21)22-17(20)23-26/h4-7,15-16H,1-3,8-12H2,(H4,20,21,22,23). The van der Waals surface area contributed by atoms with Crippen LogP contribution in [0.1, 0.15) is 25.7 Å². The molecule has 4 rings (SSSR count). The van der Waals surface area contributed by atoms with E-state index in [1.165, 1.54) is 23.9 Å². The van der Waals surface area contributed by atoms with Gasteiger partial charge in [-0.25, -0.2) is 4.39 Å². The number of hydrogen-bond acceptors (Lipinski definition) is 6. The third-order valence-corrected chi connectivity index (χ3v) is 5.47. The Hall–Kier alpha value is -2.35. The Labute approximate surface area is 152 Å². The highest BCUT2D eigenvalue weighted by atomic mass is 19.1. The van der Waals surface area contributed by atoms with Crippen molar-refractivity contribution in [1.82, 2.24) is 19.7 Å². The molecule has 1 aromatic heterocycles. The molecule has 1 aromatic carbocycles. The van der Waals surface area contributed by atoms with Crippen molar-refractivity contribution in [2.75, 3.05) is 42.5 Å². The maximum absolute atomic E-state index is 14.8. The highest BCUT2D eigenvalue weighted by Crippen LogP contribution is 2.27. The maximum Gasteiger partial charge on any atom is 0.241 e. The molecule has 0 radical (unpaired) electrons. The van der Waals surface area contributed by atoms with E-state index < -0.39 is 6.17 Å². The molecule has 7 nitrogen and oxygen atoms in total. The molecule has 140 valence electrons. The van der Waals surface area contributed by atoms with E-state index in [4.69, 9.17) is 11.5 Å². The van der Waals surface area contributed by atoms with Crippen molar-refractivity contribution in [1.29, 1.82) is 0 Å². The summed E-state index contributed by atoms with van der Waals surface area (Å²) in [5.41, 5.74) is 13.2. The summed E-state index contributed by atoms with van der Waals surface area (Å²) in [6, 6.07) is 7.83. The van der Waals surface area contributed by atoms with E-state index in [2.05, 4.69) is 19.9 Å². The summed E-state index contributed by atoms with van der Waals surface area (Å²) in [6.07, 6.45) is 3.73. The van der Waals surface area contributed by atoms with Crippen LogP contribution >= 0.6 is 0 Å². The number of benzene rings is 1. The number of aromatic nitrogens is 3. The zero-order chi connectivity index (χ0) is 18.1. The molecule has 2 saturated heterocycles. The van der Waals surface area contributed by atoms with Gasteiger partial charge in [0, 0.05) is 18.3 Å². The largest absolute Gasteiger partial charge is 0.368 e. The lowest BCUT2D eigenvalue weighted by Gasteiger charge is -2.42. The zero-order valence-corrected chi connectivity index (χ0v) is 14.9. The number of piperidine rings is 2. The van der Waals surface area contributed by atoms with Crippen LogP contribution in [-0.4, -0.2) is 58.1 Å². The molecular weight excluding hydrogens is 333 g/mol. The first kappa shape index (κ1) is 17.1. The van der Waals surface area contributed by atoms with Gasteiger partial charge in [0.25, 0.3) is 0 Å². The molecule has 2 atom stereocenters. The maximum atomic E-state index is 14.8. The van der Waals surface area contributed by atoms with Gasteiger partial charge in [-0.05, 0) is 56.6 Å². The predicted octanol–water partition coefficient (Wildman–Crippen LogP) is 1.83. The molecule has 0 bridgehead atoms. The van der Waals surface area contributed by atoms with Crippen molar-refractivity contribution in [3.63, 3.8) is 0 Å². The van der Waals surface area contributed by atoms with E-state index in [9.17, 15) is 4.39 Å². The van der Waals surface area contributed by atoms with Crippen molar-refractivity contribution in [2.24, 2.45) is 0 Å². The second-order valence-corrected chi connectivity index (χ2v) is 7.17. The van der Waals surface area contributed by atoms with Crippen LogP contribution < -0.4 is 16.4 Å². The van der Waals surface area contributed by atoms with Gasteiger partial charge in [-0.15, -0.1) is 5.10 Å². The van der Waals surface area contributed by atoms with Crippen LogP contribution in [0.15, 0.2) is 24.3 Å². The SMILES string of the molecule is Nc1nc(N)n(-c2ccc(N3CCC(N4CCCCC4)C(F)C3)cc2)n1. The number of nitrogens with two attached hydrogens (primary N) is 2. The quantitative estimate of drug-likeness (QED) is 0.869. The Morgan fingerprint density at radius 2 is 1.65 bits per heavy atom. The fraction of sp³-hybridized carbons (Fsp3) is 0.556. The summed E-state index contributed by atoms with van der Waals surface area (Å²) < 4.78 is 16.3. The number of rotatable bonds is 3. The van der Waals surface area contributed by atoms with Gasteiger partial charge in [-0.1, -0.05) is 6.42 Å². The molecule has 0 saturated carbocycles. The van der Waals surface area contributed by atoms with Gasteiger partial charge in [0.05, 0.1) is 12.2 Å². The summed E-state index contributed by atoms with van der Waals surface area (Å²) in [4.78, 5) is 8.38. The van der Waals surface area contributed by atoms with E-state index in [0.29, 0.717) is 6.54 Å². The van der Waals surface area contributed by atoms with Crippen LogP contribution in [0.2, 0.25) is 0 Å². The Kier molecular flexibility index (Phi) is 4.67. The van der Waals surface area contributed by atoms with E-state index >= 15 is 0 Å². The van der Waals surface area contributed by atoms with Gasteiger partial charge in [-0.3, -0.25) is 4.90 Å². The van der Waals surface area contributed by atoms with Gasteiger partial charge in [0.1, 0.15) is 6.17 Å². The van der Waals surface area contributed by atoms with Crippen LogP contribution in [0, 0.1) is 0 Å². The van der Waals surface area contributed by atoms with Crippen molar-refractivity contribution in [3.05, 3.63) is 24.3 Å². The first-order valence-electron chi connectivity index (χ1n) is 9.33. The van der Waals surface area contributed by atoms with E-state index in [1.807, 2.05) is 24.3 Å². The number of anilines is 3. The molecule has 0 aliphatic carbocycles. The number of alkyl halides is 1. The summed E-state index contributed by atoms with van der Waals surface area (Å²) >= 11 is 0. The van der Waals surface area contributed by atoms with E-state index in [-0.39, 0.29) is 17.9 Å². The van der Waals surface area contributed by atoms with Crippen molar-refractivity contribution in [2.45, 2.75) is 37.9 Å². The summed E-state index contributed by atoms with van der Waals surface area (Å²) in [5.74, 6) is 0.396. The minimum absolute atomic E-state index is 0.0729. The first-order chi connectivity index (χ1) is 12.6. The van der Waals surface area contributed by atoms with Crippen LogP contribution in [0.5, 0.6) is 0 Å². The predicted molar refractivity (Wildman–Crippen MR) is 101 cm³/mol. The minimum atomic E-state index is -0.813. The molecule has 3 heterocycles. The van der Waals surface area contributed by atoms with Gasteiger partial charge < -0.3 is 16.4 Å². The Balaban J connectivity index is 1.43. The summed E-state index contributed by atoms with van der Waals surface area (Å²) in [5, 5.41) is 4.08. The Morgan fingerprint density at radius 1 is 0.962 bits per heavy atom. The van der Waals surface area contributed by atoms with Gasteiger partial charge >= 0.3 is 0 Å². The van der Waals surface area contributed by atoms with Crippen molar-refractivity contribution in [3.8, 4) is 5.69 Å². The number of nitrogens with zero attached hydrogens (tertiary/aromatic N) is 5. The Bertz CT molecular complexity index is 738. The van der Waals surface area contributed by atoms with E-state index in [0.717, 1.165) is 37.4 Å². The van der Waals surface area contributed by atoms with Crippen molar-refractivity contribution < 1.29 is 4.39 Å². The molecule has 26 heavy (non-hydrogen) atoms. The average Bonchev–Trinajstić information content (AvgIpc) is 3.00. The fourth-order valence-electron chi connectivity index (χ4n) is 4.12. The number of nitrogen functional groups attached to an aromatic ring is 2. The molecule has 0 spiro atoms. The van der Waals surface area contributed by atoms with Crippen molar-refractivity contribution >= 4 is 17.6 Å². The third kappa shape index (κ3) is 3.33. The second-order valence-electron chi connectivity index (χ2n) is 7.17. The third-order valence-electron chi connectivity index (χ3n) is 5.47. The van der Waals surface area contributed by atoms with Gasteiger partial charge in [-0.2, -0.15) is 9.67 Å². The number of halogens is 1. The molecule has 2 aliphatic rings. The number of likely N-dealkylation sites (tertiary alicyclic amines) is 1. The van der Waals surface area contributed by atoms with Crippen LogP contribution in [0.25, 0.3) is 5.69 Å². The molecule has 2 fully saturated rings.